The van der Waals surface area contributed by atoms with E-state index in [9.17, 15) is 14.3 Å². The van der Waals surface area contributed by atoms with Crippen LogP contribution in [0.1, 0.15) is 12.0 Å². The number of carboxylic acid groups (broad SMARTS) is 1. The first-order valence-corrected chi connectivity index (χ1v) is 8.19. The first-order chi connectivity index (χ1) is 11.5. The molecule has 0 saturated carbocycles. The summed E-state index contributed by atoms with van der Waals surface area (Å²) in [6.45, 7) is 0.928. The molecule has 8 nitrogen and oxygen atoms in total. The number of thioether (sulfide) groups is 1. The van der Waals surface area contributed by atoms with Crippen molar-refractivity contribution < 1.29 is 19.0 Å². The van der Waals surface area contributed by atoms with Crippen molar-refractivity contribution in [3.8, 4) is 0 Å². The molecule has 0 radical (unpaired) electrons. The summed E-state index contributed by atoms with van der Waals surface area (Å²) < 4.78 is 19.3. The Bertz CT molecular complexity index is 752. The number of benzene rings is 1. The van der Waals surface area contributed by atoms with Crippen molar-refractivity contribution in [1.82, 2.24) is 10.2 Å². The van der Waals surface area contributed by atoms with Crippen LogP contribution in [0.3, 0.4) is 0 Å². The molecule has 126 valence electrons. The predicted molar refractivity (Wildman–Crippen MR) is 82.4 cm³/mol. The van der Waals surface area contributed by atoms with Gasteiger partial charge in [0.1, 0.15) is 11.6 Å². The molecule has 10 heteroatoms. The largest absolute Gasteiger partial charge is 0.530 e. The van der Waals surface area contributed by atoms with E-state index in [1.165, 1.54) is 23.9 Å². The molecule has 3 rings (SSSR count). The summed E-state index contributed by atoms with van der Waals surface area (Å²) in [6, 6.07) is 4.36. The number of carbonyl (C=O) groups excluding carboxylic acids is 1. The lowest BCUT2D eigenvalue weighted by molar-refractivity contribution is -0.248. The van der Waals surface area contributed by atoms with E-state index in [1.54, 1.807) is 6.07 Å². The third-order valence-corrected chi connectivity index (χ3v) is 5.19. The number of amides is 1. The summed E-state index contributed by atoms with van der Waals surface area (Å²) >= 11 is 1.28. The van der Waals surface area contributed by atoms with Gasteiger partial charge in [-0.2, -0.15) is 0 Å². The zero-order chi connectivity index (χ0) is 17.2. The van der Waals surface area contributed by atoms with Crippen molar-refractivity contribution >= 4 is 28.7 Å². The molecule has 0 bridgehead atoms. The van der Waals surface area contributed by atoms with Gasteiger partial charge in [0.15, 0.2) is 21.8 Å². The smallest absolute Gasteiger partial charge is 0.220 e. The van der Waals surface area contributed by atoms with E-state index in [4.69, 9.17) is 10.3 Å². The third-order valence-electron chi connectivity index (χ3n) is 4.16. The van der Waals surface area contributed by atoms with Gasteiger partial charge in [0.2, 0.25) is 4.91 Å². The van der Waals surface area contributed by atoms with E-state index in [2.05, 4.69) is 20.3 Å². The molecular weight excluding hydrogens is 337 g/mol. The SMILES string of the molecule is N=[N+]=Nc1cc([C@]23CCOCC2CSC(NC(=O)[O-])=N3)ccc1F. The number of nitrogens with zero attached hydrogens (tertiary/aromatic N) is 3. The highest BCUT2D eigenvalue weighted by Gasteiger charge is 2.46. The summed E-state index contributed by atoms with van der Waals surface area (Å²) in [4.78, 5) is 18.3. The molecule has 2 aliphatic rings. The minimum atomic E-state index is -1.43. The van der Waals surface area contributed by atoms with Gasteiger partial charge in [0.25, 0.3) is 0 Å². The second-order valence-corrected chi connectivity index (χ2v) is 6.46. The number of fused-ring (bicyclic) bond motifs is 1. The summed E-state index contributed by atoms with van der Waals surface area (Å²) in [5.41, 5.74) is 6.71. The number of nitrogens with one attached hydrogen (secondary N) is 2. The molecule has 0 aliphatic carbocycles. The number of hydrogen-bond acceptors (Lipinski definition) is 7. The van der Waals surface area contributed by atoms with E-state index in [0.29, 0.717) is 31.0 Å². The van der Waals surface area contributed by atoms with E-state index in [0.717, 1.165) is 0 Å². The highest BCUT2D eigenvalue weighted by Crippen LogP contribution is 2.46. The molecule has 2 aliphatic heterocycles. The Morgan fingerprint density at radius 1 is 1.62 bits per heavy atom. The topological polar surface area (TPSA) is 124 Å². The molecule has 1 saturated heterocycles. The zero-order valence-electron chi connectivity index (χ0n) is 12.5. The van der Waals surface area contributed by atoms with Gasteiger partial charge >= 0.3 is 0 Å². The van der Waals surface area contributed by atoms with Crippen LogP contribution in [0.5, 0.6) is 0 Å². The molecule has 1 unspecified atom stereocenters. The molecule has 1 aromatic rings. The standard InChI is InChI=1S/C14H14FN5O3S/c15-10-2-1-8(5-11(10)19-20-16)14-3-4-23-6-9(14)7-24-12(18-14)17-13(21)22/h1-2,5,9,16H,3-4,6-7H2,(H-,17,18,21,22)/t9?,14-/m1/s1. The Morgan fingerprint density at radius 2 is 2.46 bits per heavy atom. The van der Waals surface area contributed by atoms with Crippen LogP contribution < -0.4 is 15.3 Å². The van der Waals surface area contributed by atoms with Gasteiger partial charge in [-0.05, 0) is 17.7 Å². The second kappa shape index (κ2) is 6.68. The minimum Gasteiger partial charge on any atom is -0.530 e. The number of hydrogen-bond donors (Lipinski definition) is 2. The van der Waals surface area contributed by atoms with Crippen molar-refractivity contribution in [3.63, 3.8) is 0 Å². The van der Waals surface area contributed by atoms with E-state index < -0.39 is 17.4 Å². The van der Waals surface area contributed by atoms with Gasteiger partial charge < -0.3 is 20.0 Å². The molecule has 1 amide bonds. The molecule has 1 aromatic carbocycles. The molecular formula is C14H14FN5O3S. The monoisotopic (exact) mass is 351 g/mol. The first-order valence-electron chi connectivity index (χ1n) is 7.21. The average molecular weight is 351 g/mol. The fraction of sp³-hybridized carbons (Fsp3) is 0.429. The van der Waals surface area contributed by atoms with Gasteiger partial charge in [0, 0.05) is 24.7 Å². The summed E-state index contributed by atoms with van der Waals surface area (Å²) in [6.07, 6.45) is -0.899. The first kappa shape index (κ1) is 16.6. The fourth-order valence-electron chi connectivity index (χ4n) is 3.03. The second-order valence-electron chi connectivity index (χ2n) is 5.45. The lowest BCUT2D eigenvalue weighted by atomic mass is 9.75. The van der Waals surface area contributed by atoms with Crippen LogP contribution in [-0.4, -0.2) is 30.2 Å². The minimum absolute atomic E-state index is 0.00908. The Labute approximate surface area is 140 Å². The highest BCUT2D eigenvalue weighted by atomic mass is 32.2. The normalized spacial score (nSPS) is 25.9. The predicted octanol–water partition coefficient (Wildman–Crippen LogP) is 1.28. The molecule has 2 atom stereocenters. The number of carbonyl (C=O) groups is 1. The van der Waals surface area contributed by atoms with Gasteiger partial charge in [-0.15, -0.1) is 0 Å². The molecule has 0 spiro atoms. The van der Waals surface area contributed by atoms with Gasteiger partial charge in [0.05, 0.1) is 12.1 Å². The lowest BCUT2D eigenvalue weighted by Gasteiger charge is -2.44. The van der Waals surface area contributed by atoms with E-state index in [1.807, 2.05) is 0 Å². The van der Waals surface area contributed by atoms with Crippen LogP contribution in [0, 0.1) is 17.3 Å². The quantitative estimate of drug-likeness (QED) is 0.615. The van der Waals surface area contributed by atoms with Gasteiger partial charge in [-0.1, -0.05) is 17.8 Å². The Morgan fingerprint density at radius 3 is 3.21 bits per heavy atom. The highest BCUT2D eigenvalue weighted by molar-refractivity contribution is 8.13. The maximum absolute atomic E-state index is 13.8. The third kappa shape index (κ3) is 3.03. The van der Waals surface area contributed by atoms with Gasteiger partial charge in [-0.3, -0.25) is 4.99 Å². The van der Waals surface area contributed by atoms with Crippen molar-refractivity contribution in [2.24, 2.45) is 16.0 Å². The van der Waals surface area contributed by atoms with Crippen LogP contribution in [0.25, 0.3) is 0 Å². The number of ether oxygens (including phenoxy) is 1. The average Bonchev–Trinajstić information content (AvgIpc) is 2.56. The number of halogens is 1. The maximum Gasteiger partial charge on any atom is 0.220 e. The lowest BCUT2D eigenvalue weighted by Crippen LogP contribution is -2.49. The van der Waals surface area contributed by atoms with E-state index >= 15 is 0 Å². The number of rotatable bonds is 2. The summed E-state index contributed by atoms with van der Waals surface area (Å²) in [5.74, 6) is 0.0259. The van der Waals surface area contributed by atoms with Crippen LogP contribution in [0.2, 0.25) is 0 Å². The van der Waals surface area contributed by atoms with Crippen molar-refractivity contribution in [2.75, 3.05) is 19.0 Å². The molecule has 2 N–H and O–H groups in total. The van der Waals surface area contributed by atoms with E-state index in [-0.39, 0.29) is 16.8 Å². The summed E-state index contributed by atoms with van der Waals surface area (Å²) in [5, 5.41) is 16.7. The number of aliphatic imine (C=N–C) groups is 1. The Kier molecular flexibility index (Phi) is 4.61. The maximum atomic E-state index is 13.8. The van der Waals surface area contributed by atoms with Crippen LogP contribution in [-0.2, 0) is 10.3 Å². The van der Waals surface area contributed by atoms with Crippen LogP contribution in [0.15, 0.2) is 28.3 Å². The fourth-order valence-corrected chi connectivity index (χ4v) is 4.14. The molecule has 2 heterocycles. The van der Waals surface area contributed by atoms with Gasteiger partial charge in [-0.25, -0.2) is 4.39 Å². The molecule has 0 aromatic heterocycles. The summed E-state index contributed by atoms with van der Waals surface area (Å²) in [7, 11) is 0. The number of amidine groups is 1. The van der Waals surface area contributed by atoms with Crippen molar-refractivity contribution in [2.45, 2.75) is 12.0 Å². The van der Waals surface area contributed by atoms with Crippen LogP contribution >= 0.6 is 11.8 Å². The zero-order valence-corrected chi connectivity index (χ0v) is 13.3. The Hall–Kier alpha value is -2.29. The Balaban J connectivity index is 2.09. The van der Waals surface area contributed by atoms with Crippen molar-refractivity contribution in [3.05, 3.63) is 29.6 Å². The van der Waals surface area contributed by atoms with Crippen molar-refractivity contribution in [1.29, 1.82) is 5.53 Å². The van der Waals surface area contributed by atoms with Crippen LogP contribution in [0.4, 0.5) is 14.9 Å². The molecule has 24 heavy (non-hydrogen) atoms. The molecule has 1 fully saturated rings.